The average Bonchev–Trinajstić information content (AvgIpc) is 3.28. The molecule has 2 heterocycles. The van der Waals surface area contributed by atoms with E-state index in [1.165, 1.54) is 37.7 Å². The van der Waals surface area contributed by atoms with Crippen molar-refractivity contribution in [2.75, 3.05) is 14.2 Å². The highest BCUT2D eigenvalue weighted by atomic mass is 32.2. The van der Waals surface area contributed by atoms with Crippen LogP contribution in [0.4, 0.5) is 0 Å². The zero-order chi connectivity index (χ0) is 18.3. The Morgan fingerprint density at radius 1 is 1.27 bits per heavy atom. The van der Waals surface area contributed by atoms with Crippen LogP contribution in [0.15, 0.2) is 23.1 Å². The molecule has 0 aliphatic heterocycles. The molecule has 0 radical (unpaired) electrons. The number of fused-ring (bicyclic) bond motifs is 1. The van der Waals surface area contributed by atoms with Crippen molar-refractivity contribution in [2.45, 2.75) is 30.2 Å². The molecule has 0 bridgehead atoms. The van der Waals surface area contributed by atoms with E-state index in [2.05, 4.69) is 20.0 Å². The van der Waals surface area contributed by atoms with Crippen molar-refractivity contribution < 1.29 is 17.9 Å². The summed E-state index contributed by atoms with van der Waals surface area (Å²) in [6.45, 7) is 0.0651. The summed E-state index contributed by atoms with van der Waals surface area (Å²) in [6.07, 6.45) is 2.19. The number of rotatable bonds is 7. The fourth-order valence-electron chi connectivity index (χ4n) is 2.57. The molecule has 9 nitrogen and oxygen atoms in total. The first-order valence-electron chi connectivity index (χ1n) is 7.94. The topological polar surface area (TPSA) is 108 Å². The lowest BCUT2D eigenvalue weighted by Crippen LogP contribution is -2.23. The van der Waals surface area contributed by atoms with Crippen LogP contribution in [0, 0.1) is 0 Å². The SMILES string of the molecule is COc1ccc(S(=O)(=O)NCc2nn3c(C4CC4)nnc3s2)c(OC)c1. The van der Waals surface area contributed by atoms with Gasteiger partial charge in [0, 0.05) is 12.0 Å². The molecule has 3 aromatic rings. The van der Waals surface area contributed by atoms with E-state index in [1.807, 2.05) is 0 Å². The smallest absolute Gasteiger partial charge is 0.244 e. The molecule has 4 rings (SSSR count). The summed E-state index contributed by atoms with van der Waals surface area (Å²) in [5, 5.41) is 13.3. The molecule has 0 amide bonds. The second-order valence-electron chi connectivity index (χ2n) is 5.86. The van der Waals surface area contributed by atoms with Crippen molar-refractivity contribution in [3.63, 3.8) is 0 Å². The number of aromatic nitrogens is 4. The Labute approximate surface area is 154 Å². The van der Waals surface area contributed by atoms with E-state index in [0.717, 1.165) is 18.7 Å². The summed E-state index contributed by atoms with van der Waals surface area (Å²) in [6, 6.07) is 4.55. The van der Waals surface area contributed by atoms with Crippen molar-refractivity contribution in [3.8, 4) is 11.5 Å². The van der Waals surface area contributed by atoms with Crippen molar-refractivity contribution in [3.05, 3.63) is 29.0 Å². The van der Waals surface area contributed by atoms with Gasteiger partial charge in [0.2, 0.25) is 15.0 Å². The largest absolute Gasteiger partial charge is 0.497 e. The lowest BCUT2D eigenvalue weighted by atomic mass is 10.3. The molecule has 26 heavy (non-hydrogen) atoms. The molecule has 1 aliphatic rings. The molecular weight excluding hydrogens is 378 g/mol. The summed E-state index contributed by atoms with van der Waals surface area (Å²) >= 11 is 1.32. The van der Waals surface area contributed by atoms with Gasteiger partial charge >= 0.3 is 0 Å². The highest BCUT2D eigenvalue weighted by Crippen LogP contribution is 2.39. The number of ether oxygens (including phenoxy) is 2. The first kappa shape index (κ1) is 17.2. The molecule has 0 unspecified atom stereocenters. The first-order chi connectivity index (χ1) is 12.5. The van der Waals surface area contributed by atoms with Crippen molar-refractivity contribution >= 4 is 26.3 Å². The van der Waals surface area contributed by atoms with Crippen LogP contribution in [0.2, 0.25) is 0 Å². The van der Waals surface area contributed by atoms with Crippen LogP contribution in [0.5, 0.6) is 11.5 Å². The van der Waals surface area contributed by atoms with Crippen LogP contribution < -0.4 is 14.2 Å². The second kappa shape index (κ2) is 6.49. The van der Waals surface area contributed by atoms with Crippen LogP contribution in [-0.2, 0) is 16.6 Å². The Hall–Kier alpha value is -2.24. The van der Waals surface area contributed by atoms with Crippen molar-refractivity contribution in [2.24, 2.45) is 0 Å². The lowest BCUT2D eigenvalue weighted by molar-refractivity contribution is 0.386. The predicted octanol–water partition coefficient (Wildman–Crippen LogP) is 1.56. The molecule has 1 saturated carbocycles. The van der Waals surface area contributed by atoms with Crippen LogP contribution in [0.25, 0.3) is 4.96 Å². The number of benzene rings is 1. The van der Waals surface area contributed by atoms with Gasteiger partial charge in [0.25, 0.3) is 0 Å². The monoisotopic (exact) mass is 395 g/mol. The average molecular weight is 395 g/mol. The summed E-state index contributed by atoms with van der Waals surface area (Å²) in [4.78, 5) is 0.714. The minimum Gasteiger partial charge on any atom is -0.497 e. The Bertz CT molecular complexity index is 1060. The van der Waals surface area contributed by atoms with Crippen LogP contribution in [-0.4, -0.2) is 42.4 Å². The zero-order valence-electron chi connectivity index (χ0n) is 14.2. The Kier molecular flexibility index (Phi) is 4.29. The number of sulfonamides is 1. The maximum Gasteiger partial charge on any atom is 0.244 e. The van der Waals surface area contributed by atoms with E-state index in [1.54, 1.807) is 10.6 Å². The molecule has 1 N–H and O–H groups in total. The number of hydrogen-bond acceptors (Lipinski definition) is 8. The minimum absolute atomic E-state index is 0.0440. The summed E-state index contributed by atoms with van der Waals surface area (Å²) in [5.41, 5.74) is 0. The summed E-state index contributed by atoms with van der Waals surface area (Å²) in [7, 11) is -0.853. The number of nitrogens with one attached hydrogen (secondary N) is 1. The van der Waals surface area contributed by atoms with Crippen LogP contribution >= 0.6 is 11.3 Å². The molecule has 1 aromatic carbocycles. The molecule has 0 atom stereocenters. The molecule has 1 aliphatic carbocycles. The third-order valence-corrected chi connectivity index (χ3v) is 6.41. The van der Waals surface area contributed by atoms with Gasteiger partial charge in [-0.3, -0.25) is 0 Å². The lowest BCUT2D eigenvalue weighted by Gasteiger charge is -2.11. The van der Waals surface area contributed by atoms with Crippen molar-refractivity contribution in [1.82, 2.24) is 24.5 Å². The molecule has 11 heteroatoms. The highest BCUT2D eigenvalue weighted by molar-refractivity contribution is 7.89. The molecular formula is C15H17N5O4S2. The molecule has 2 aromatic heterocycles. The maximum atomic E-state index is 12.6. The maximum absolute atomic E-state index is 12.6. The molecule has 138 valence electrons. The van der Waals surface area contributed by atoms with E-state index < -0.39 is 10.0 Å². The molecule has 0 saturated heterocycles. The molecule has 1 fully saturated rings. The third-order valence-electron chi connectivity index (χ3n) is 4.07. The van der Waals surface area contributed by atoms with Crippen LogP contribution in [0.1, 0.15) is 29.6 Å². The van der Waals surface area contributed by atoms with Gasteiger partial charge in [-0.25, -0.2) is 13.1 Å². The molecule has 0 spiro atoms. The minimum atomic E-state index is -3.77. The van der Waals surface area contributed by atoms with Gasteiger partial charge in [-0.1, -0.05) is 11.3 Å². The van der Waals surface area contributed by atoms with E-state index in [0.29, 0.717) is 21.6 Å². The van der Waals surface area contributed by atoms with Gasteiger partial charge in [-0.2, -0.15) is 9.61 Å². The van der Waals surface area contributed by atoms with E-state index in [9.17, 15) is 8.42 Å². The van der Waals surface area contributed by atoms with Gasteiger partial charge in [-0.15, -0.1) is 10.2 Å². The third kappa shape index (κ3) is 3.13. The van der Waals surface area contributed by atoms with Gasteiger partial charge in [0.1, 0.15) is 21.4 Å². The van der Waals surface area contributed by atoms with Gasteiger partial charge < -0.3 is 9.47 Å². The second-order valence-corrected chi connectivity index (χ2v) is 8.64. The van der Waals surface area contributed by atoms with E-state index in [-0.39, 0.29) is 17.2 Å². The Morgan fingerprint density at radius 2 is 2.08 bits per heavy atom. The van der Waals surface area contributed by atoms with Gasteiger partial charge in [0.05, 0.1) is 20.8 Å². The number of nitrogens with zero attached hydrogens (tertiary/aromatic N) is 4. The fourth-order valence-corrected chi connectivity index (χ4v) is 4.58. The Balaban J connectivity index is 1.55. The fraction of sp³-hybridized carbons (Fsp3) is 0.400. The summed E-state index contributed by atoms with van der Waals surface area (Å²) in [5.74, 6) is 2.00. The van der Waals surface area contributed by atoms with Gasteiger partial charge in [-0.05, 0) is 25.0 Å². The quantitative estimate of drug-likeness (QED) is 0.647. The first-order valence-corrected chi connectivity index (χ1v) is 10.2. The number of hydrogen-bond donors (Lipinski definition) is 1. The van der Waals surface area contributed by atoms with E-state index in [4.69, 9.17) is 9.47 Å². The normalized spacial score (nSPS) is 14.7. The standard InChI is InChI=1S/C15H17N5O4S2/c1-23-10-5-6-12(11(7-10)24-2)26(21,22)16-8-13-19-20-14(9-3-4-9)17-18-15(20)25-13/h5-7,9,16H,3-4,8H2,1-2H3. The highest BCUT2D eigenvalue weighted by Gasteiger charge is 2.30. The summed E-state index contributed by atoms with van der Waals surface area (Å²) < 4.78 is 39.8. The predicted molar refractivity (Wildman–Crippen MR) is 94.2 cm³/mol. The Morgan fingerprint density at radius 3 is 2.77 bits per heavy atom. The van der Waals surface area contributed by atoms with Crippen LogP contribution in [0.3, 0.4) is 0 Å². The zero-order valence-corrected chi connectivity index (χ0v) is 15.8. The van der Waals surface area contributed by atoms with Gasteiger partial charge in [0.15, 0.2) is 5.82 Å². The number of methoxy groups -OCH3 is 2. The van der Waals surface area contributed by atoms with E-state index >= 15 is 0 Å². The van der Waals surface area contributed by atoms with Crippen molar-refractivity contribution in [1.29, 1.82) is 0 Å².